The van der Waals surface area contributed by atoms with Crippen LogP contribution in [0.2, 0.25) is 0 Å². The average molecular weight is 250 g/mol. The van der Waals surface area contributed by atoms with E-state index in [1.165, 1.54) is 20.4 Å². The molecule has 0 radical (unpaired) electrons. The summed E-state index contributed by atoms with van der Waals surface area (Å²) in [4.78, 5) is 28.0. The lowest BCUT2D eigenvalue weighted by atomic mass is 9.84. The van der Waals surface area contributed by atoms with Crippen molar-refractivity contribution in [2.75, 3.05) is 20.7 Å². The Morgan fingerprint density at radius 3 is 2.78 bits per heavy atom. The van der Waals surface area contributed by atoms with Gasteiger partial charge in [0.2, 0.25) is 0 Å². The van der Waals surface area contributed by atoms with Gasteiger partial charge in [0.1, 0.15) is 17.9 Å². The number of rotatable bonds is 2. The van der Waals surface area contributed by atoms with E-state index in [1.54, 1.807) is 12.1 Å². The Morgan fingerprint density at radius 2 is 2.17 bits per heavy atom. The third-order valence-electron chi connectivity index (χ3n) is 2.36. The van der Waals surface area contributed by atoms with Gasteiger partial charge in [0.25, 0.3) is 0 Å². The first-order valence-electron chi connectivity index (χ1n) is 5.21. The minimum Gasteiger partial charge on any atom is -0.495 e. The number of amides is 1. The van der Waals surface area contributed by atoms with Crippen LogP contribution in [0.25, 0.3) is 0 Å². The Kier molecular flexibility index (Phi) is 3.36. The number of methoxy groups -OCH3 is 1. The summed E-state index contributed by atoms with van der Waals surface area (Å²) in [5.74, 6) is 0.00751. The molecule has 0 unspecified atom stereocenters. The molecule has 2 rings (SSSR count). The van der Waals surface area contributed by atoms with Crippen molar-refractivity contribution in [1.29, 1.82) is 0 Å². The van der Waals surface area contributed by atoms with E-state index in [4.69, 9.17) is 14.0 Å². The van der Waals surface area contributed by atoms with E-state index in [9.17, 15) is 9.59 Å². The van der Waals surface area contributed by atoms with Crippen molar-refractivity contribution in [3.05, 3.63) is 18.3 Å². The molecule has 0 atom stereocenters. The van der Waals surface area contributed by atoms with Crippen molar-refractivity contribution < 1.29 is 23.6 Å². The molecule has 1 amide bonds. The molecule has 1 aliphatic rings. The predicted molar refractivity (Wildman–Crippen MR) is 61.4 cm³/mol. The Bertz CT molecular complexity index is 464. The highest BCUT2D eigenvalue weighted by Gasteiger charge is 2.37. The molecule has 1 aromatic rings. The minimum absolute atomic E-state index is 0.147. The fraction of sp³-hybridized carbons (Fsp3) is 0.300. The van der Waals surface area contributed by atoms with Gasteiger partial charge in [-0.25, -0.2) is 4.79 Å². The fourth-order valence-electron chi connectivity index (χ4n) is 1.39. The summed E-state index contributed by atoms with van der Waals surface area (Å²) in [6.45, 7) is -0.147. The van der Waals surface area contributed by atoms with Gasteiger partial charge < -0.3 is 18.9 Å². The Labute approximate surface area is 104 Å². The first-order valence-corrected chi connectivity index (χ1v) is 5.21. The molecule has 0 bridgehead atoms. The number of ether oxygens (including phenoxy) is 1. The third-order valence-corrected chi connectivity index (χ3v) is 2.36. The van der Waals surface area contributed by atoms with Crippen LogP contribution in [0.4, 0.5) is 4.79 Å². The molecule has 0 N–H and O–H groups in total. The largest absolute Gasteiger partial charge is 0.657 e. The first kappa shape index (κ1) is 12.2. The summed E-state index contributed by atoms with van der Waals surface area (Å²) in [6.07, 6.45) is 0.814. The van der Waals surface area contributed by atoms with Gasteiger partial charge in [-0.05, 0) is 12.1 Å². The lowest BCUT2D eigenvalue weighted by Crippen LogP contribution is -2.41. The molecule has 0 aliphatic carbocycles. The highest BCUT2D eigenvalue weighted by atomic mass is 16.7. The zero-order valence-corrected chi connectivity index (χ0v) is 9.95. The summed E-state index contributed by atoms with van der Waals surface area (Å²) in [6, 6.07) is 3.20. The van der Waals surface area contributed by atoms with Gasteiger partial charge in [-0.3, -0.25) is 9.78 Å². The van der Waals surface area contributed by atoms with E-state index < -0.39 is 19.2 Å². The van der Waals surface area contributed by atoms with Crippen LogP contribution < -0.4 is 10.3 Å². The molecule has 0 saturated carbocycles. The minimum atomic E-state index is -1.12. The quantitative estimate of drug-likeness (QED) is 0.653. The molecule has 0 spiro atoms. The van der Waals surface area contributed by atoms with Gasteiger partial charge >= 0.3 is 19.2 Å². The van der Waals surface area contributed by atoms with Gasteiger partial charge in [-0.2, -0.15) is 0 Å². The maximum atomic E-state index is 11.5. The molecular formula is C10H11BN2O5. The number of carbonyl (C=O) groups excluding carboxylic acids is 2. The number of aromatic nitrogens is 1. The maximum Gasteiger partial charge on any atom is 0.657 e. The van der Waals surface area contributed by atoms with Crippen molar-refractivity contribution >= 4 is 24.8 Å². The van der Waals surface area contributed by atoms with E-state index >= 15 is 0 Å². The van der Waals surface area contributed by atoms with Crippen molar-refractivity contribution in [3.63, 3.8) is 0 Å². The molecular weight excluding hydrogens is 239 g/mol. The monoisotopic (exact) mass is 250 g/mol. The summed E-state index contributed by atoms with van der Waals surface area (Å²) in [5, 5.41) is 0. The van der Waals surface area contributed by atoms with Crippen LogP contribution in [0.1, 0.15) is 0 Å². The van der Waals surface area contributed by atoms with Crippen LogP contribution in [0.15, 0.2) is 18.3 Å². The van der Waals surface area contributed by atoms with Crippen LogP contribution in [-0.2, 0) is 14.1 Å². The molecule has 2 heterocycles. The molecule has 1 aliphatic heterocycles. The second-order valence-electron chi connectivity index (χ2n) is 3.68. The van der Waals surface area contributed by atoms with Gasteiger partial charge in [0.15, 0.2) is 0 Å². The van der Waals surface area contributed by atoms with Gasteiger partial charge in [-0.15, -0.1) is 0 Å². The Hall–Kier alpha value is -2.25. The Balaban J connectivity index is 2.20. The summed E-state index contributed by atoms with van der Waals surface area (Å²) < 4.78 is 14.9. The van der Waals surface area contributed by atoms with Crippen molar-refractivity contribution in [2.24, 2.45) is 0 Å². The van der Waals surface area contributed by atoms with Gasteiger partial charge in [-0.1, -0.05) is 0 Å². The Morgan fingerprint density at radius 1 is 1.39 bits per heavy atom. The highest BCUT2D eigenvalue weighted by molar-refractivity contribution is 6.63. The lowest BCUT2D eigenvalue weighted by Gasteiger charge is -2.11. The molecule has 1 saturated heterocycles. The van der Waals surface area contributed by atoms with Crippen LogP contribution in [0.3, 0.4) is 0 Å². The lowest BCUT2D eigenvalue weighted by molar-refractivity contribution is -0.134. The molecule has 8 heteroatoms. The van der Waals surface area contributed by atoms with Crippen molar-refractivity contribution in [3.8, 4) is 5.75 Å². The number of carbonyl (C=O) groups is 2. The second kappa shape index (κ2) is 4.95. The van der Waals surface area contributed by atoms with Crippen LogP contribution >= 0.6 is 0 Å². The number of pyridine rings is 1. The molecule has 7 nitrogen and oxygen atoms in total. The van der Waals surface area contributed by atoms with Crippen molar-refractivity contribution in [1.82, 2.24) is 9.88 Å². The topological polar surface area (TPSA) is 78.0 Å². The molecule has 1 fully saturated rings. The number of nitrogens with zero attached hydrogens (tertiary/aromatic N) is 2. The summed E-state index contributed by atoms with van der Waals surface area (Å²) >= 11 is 0. The zero-order chi connectivity index (χ0) is 13.1. The number of likely N-dealkylation sites (N-methyl/N-ethyl adjacent to an activating group) is 1. The van der Waals surface area contributed by atoms with Gasteiger partial charge in [0, 0.05) is 7.05 Å². The third kappa shape index (κ3) is 2.53. The first-order chi connectivity index (χ1) is 8.60. The standard InChI is InChI=1S/C10H11BN2O5/c1-13-6-9(14)17-11(18-10(13)15)8-4-3-7(16-2)5-12-8/h3-5H,6H2,1-2H3. The van der Waals surface area contributed by atoms with E-state index in [0.29, 0.717) is 11.3 Å². The van der Waals surface area contributed by atoms with Crippen LogP contribution in [0, 0.1) is 0 Å². The van der Waals surface area contributed by atoms with Crippen LogP contribution in [-0.4, -0.2) is 49.8 Å². The second-order valence-corrected chi connectivity index (χ2v) is 3.68. The normalized spacial score (nSPS) is 15.9. The molecule has 94 valence electrons. The highest BCUT2D eigenvalue weighted by Crippen LogP contribution is 2.07. The predicted octanol–water partition coefficient (Wildman–Crippen LogP) is -0.589. The van der Waals surface area contributed by atoms with E-state index in [0.717, 1.165) is 4.90 Å². The van der Waals surface area contributed by atoms with E-state index in [-0.39, 0.29) is 6.54 Å². The zero-order valence-electron chi connectivity index (χ0n) is 9.95. The summed E-state index contributed by atoms with van der Waals surface area (Å²) in [5.41, 5.74) is 0.327. The molecule has 1 aromatic heterocycles. The summed E-state index contributed by atoms with van der Waals surface area (Å²) in [7, 11) is 1.84. The smallest absolute Gasteiger partial charge is 0.495 e. The molecule has 0 aromatic carbocycles. The average Bonchev–Trinajstić information content (AvgIpc) is 2.49. The fourth-order valence-corrected chi connectivity index (χ4v) is 1.39. The van der Waals surface area contributed by atoms with Crippen molar-refractivity contribution in [2.45, 2.75) is 0 Å². The van der Waals surface area contributed by atoms with E-state index in [1.807, 2.05) is 0 Å². The maximum absolute atomic E-state index is 11.5. The van der Waals surface area contributed by atoms with Crippen LogP contribution in [0.5, 0.6) is 5.75 Å². The molecule has 18 heavy (non-hydrogen) atoms. The van der Waals surface area contributed by atoms with E-state index in [2.05, 4.69) is 4.98 Å². The number of hydrogen-bond donors (Lipinski definition) is 0. The SMILES string of the molecule is COc1ccc(B2OC(=O)CN(C)C(=O)O2)nc1. The number of hydrogen-bond acceptors (Lipinski definition) is 6. The van der Waals surface area contributed by atoms with Gasteiger partial charge in [0.05, 0.1) is 13.3 Å².